The topological polar surface area (TPSA) is 55.8 Å². The summed E-state index contributed by atoms with van der Waals surface area (Å²) in [7, 11) is -2.17. The Morgan fingerprint density at radius 1 is 1.16 bits per heavy atom. The lowest BCUT2D eigenvalue weighted by Crippen LogP contribution is -2.31. The summed E-state index contributed by atoms with van der Waals surface area (Å²) in [4.78, 5) is 0.210. The van der Waals surface area contributed by atoms with E-state index in [1.165, 1.54) is 4.31 Å². The van der Waals surface area contributed by atoms with E-state index in [0.29, 0.717) is 23.8 Å². The van der Waals surface area contributed by atoms with Crippen molar-refractivity contribution in [2.45, 2.75) is 18.7 Å². The average molecular weight is 361 g/mol. The van der Waals surface area contributed by atoms with Crippen LogP contribution in [0.5, 0.6) is 11.5 Å². The number of hydrogen-bond donors (Lipinski definition) is 0. The molecule has 0 spiro atoms. The summed E-state index contributed by atoms with van der Waals surface area (Å²) >= 11 is 0. The van der Waals surface area contributed by atoms with Gasteiger partial charge in [0.2, 0.25) is 0 Å². The van der Waals surface area contributed by atoms with Crippen molar-refractivity contribution in [2.75, 3.05) is 24.6 Å². The SMILES string of the molecule is C=CCN(c1ccc(OCC)cc1)S(=O)(=O)c1ccc(OC)c(C)c1. The van der Waals surface area contributed by atoms with Crippen LogP contribution in [0.2, 0.25) is 0 Å². The van der Waals surface area contributed by atoms with E-state index < -0.39 is 10.0 Å². The first-order valence-electron chi connectivity index (χ1n) is 7.95. The average Bonchev–Trinajstić information content (AvgIpc) is 2.60. The summed E-state index contributed by atoms with van der Waals surface area (Å²) in [5.74, 6) is 1.35. The first-order valence-corrected chi connectivity index (χ1v) is 9.39. The van der Waals surface area contributed by atoms with Crippen molar-refractivity contribution in [3.63, 3.8) is 0 Å². The van der Waals surface area contributed by atoms with Crippen molar-refractivity contribution in [1.82, 2.24) is 0 Å². The Morgan fingerprint density at radius 3 is 2.36 bits per heavy atom. The monoisotopic (exact) mass is 361 g/mol. The van der Waals surface area contributed by atoms with Crippen LogP contribution in [-0.2, 0) is 10.0 Å². The van der Waals surface area contributed by atoms with Crippen molar-refractivity contribution in [2.24, 2.45) is 0 Å². The summed E-state index contributed by atoms with van der Waals surface area (Å²) in [6.45, 7) is 8.11. The maximum Gasteiger partial charge on any atom is 0.264 e. The molecule has 0 aromatic heterocycles. The van der Waals surface area contributed by atoms with Crippen LogP contribution in [0, 0.1) is 6.92 Å². The van der Waals surface area contributed by atoms with E-state index in [2.05, 4.69) is 6.58 Å². The molecule has 0 radical (unpaired) electrons. The van der Waals surface area contributed by atoms with Gasteiger partial charge >= 0.3 is 0 Å². The molecule has 0 atom stereocenters. The van der Waals surface area contributed by atoms with Gasteiger partial charge in [-0.1, -0.05) is 6.08 Å². The Hall–Kier alpha value is -2.47. The normalized spacial score (nSPS) is 11.0. The number of benzene rings is 2. The van der Waals surface area contributed by atoms with Gasteiger partial charge in [0.15, 0.2) is 0 Å². The number of aryl methyl sites for hydroxylation is 1. The van der Waals surface area contributed by atoms with Crippen LogP contribution in [0.3, 0.4) is 0 Å². The molecule has 0 saturated carbocycles. The number of methoxy groups -OCH3 is 1. The van der Waals surface area contributed by atoms with Gasteiger partial charge in [-0.2, -0.15) is 0 Å². The van der Waals surface area contributed by atoms with Gasteiger partial charge < -0.3 is 9.47 Å². The molecule has 134 valence electrons. The molecular weight excluding hydrogens is 338 g/mol. The Labute approximate surface area is 149 Å². The Morgan fingerprint density at radius 2 is 1.84 bits per heavy atom. The lowest BCUT2D eigenvalue weighted by atomic mass is 10.2. The van der Waals surface area contributed by atoms with Crippen LogP contribution >= 0.6 is 0 Å². The molecule has 0 aliphatic rings. The highest BCUT2D eigenvalue weighted by Gasteiger charge is 2.24. The zero-order valence-electron chi connectivity index (χ0n) is 14.7. The molecule has 0 aliphatic heterocycles. The van der Waals surface area contributed by atoms with E-state index in [1.807, 2.05) is 13.8 Å². The summed E-state index contributed by atoms with van der Waals surface area (Å²) in [6.07, 6.45) is 1.56. The van der Waals surface area contributed by atoms with Crippen LogP contribution in [-0.4, -0.2) is 28.7 Å². The highest BCUT2D eigenvalue weighted by molar-refractivity contribution is 7.92. The molecule has 2 rings (SSSR count). The fraction of sp³-hybridized carbons (Fsp3) is 0.263. The molecule has 2 aromatic rings. The maximum absolute atomic E-state index is 13.1. The van der Waals surface area contributed by atoms with E-state index in [-0.39, 0.29) is 11.4 Å². The highest BCUT2D eigenvalue weighted by Crippen LogP contribution is 2.28. The lowest BCUT2D eigenvalue weighted by Gasteiger charge is -2.23. The number of nitrogens with zero attached hydrogens (tertiary/aromatic N) is 1. The van der Waals surface area contributed by atoms with Crippen LogP contribution < -0.4 is 13.8 Å². The van der Waals surface area contributed by atoms with E-state index in [0.717, 1.165) is 5.56 Å². The third-order valence-electron chi connectivity index (χ3n) is 3.68. The predicted octanol–water partition coefficient (Wildman–Crippen LogP) is 3.78. The van der Waals surface area contributed by atoms with Crippen molar-refractivity contribution in [3.05, 3.63) is 60.7 Å². The minimum Gasteiger partial charge on any atom is -0.496 e. The molecule has 25 heavy (non-hydrogen) atoms. The van der Waals surface area contributed by atoms with Crippen LogP contribution in [0.4, 0.5) is 5.69 Å². The zero-order valence-corrected chi connectivity index (χ0v) is 15.5. The van der Waals surface area contributed by atoms with Gasteiger partial charge in [-0.3, -0.25) is 4.31 Å². The van der Waals surface area contributed by atoms with E-state index >= 15 is 0 Å². The van der Waals surface area contributed by atoms with Crippen molar-refractivity contribution in [1.29, 1.82) is 0 Å². The maximum atomic E-state index is 13.1. The van der Waals surface area contributed by atoms with Gasteiger partial charge in [-0.25, -0.2) is 8.42 Å². The molecular formula is C19H23NO4S. The number of rotatable bonds is 8. The van der Waals surface area contributed by atoms with Crippen molar-refractivity contribution in [3.8, 4) is 11.5 Å². The van der Waals surface area contributed by atoms with Gasteiger partial charge in [-0.05, 0) is 61.9 Å². The Kier molecular flexibility index (Phi) is 6.09. The van der Waals surface area contributed by atoms with Gasteiger partial charge in [-0.15, -0.1) is 6.58 Å². The molecule has 0 heterocycles. The van der Waals surface area contributed by atoms with Crippen LogP contribution in [0.15, 0.2) is 60.0 Å². The molecule has 2 aromatic carbocycles. The molecule has 6 heteroatoms. The third kappa shape index (κ3) is 4.14. The van der Waals surface area contributed by atoms with Gasteiger partial charge in [0.1, 0.15) is 11.5 Å². The molecule has 0 aliphatic carbocycles. The van der Waals surface area contributed by atoms with Crippen LogP contribution in [0.1, 0.15) is 12.5 Å². The van der Waals surface area contributed by atoms with Gasteiger partial charge in [0, 0.05) is 0 Å². The van der Waals surface area contributed by atoms with E-state index in [9.17, 15) is 8.42 Å². The van der Waals surface area contributed by atoms with Gasteiger partial charge in [0.05, 0.1) is 30.8 Å². The second kappa shape index (κ2) is 8.07. The Bertz CT molecular complexity index is 829. The van der Waals surface area contributed by atoms with Gasteiger partial charge in [0.25, 0.3) is 10.0 Å². The molecule has 0 amide bonds. The lowest BCUT2D eigenvalue weighted by molar-refractivity contribution is 0.340. The molecule has 5 nitrogen and oxygen atoms in total. The summed E-state index contributed by atoms with van der Waals surface area (Å²) in [5, 5.41) is 0. The fourth-order valence-electron chi connectivity index (χ4n) is 2.47. The molecule has 0 unspecified atom stereocenters. The second-order valence-corrected chi connectivity index (χ2v) is 7.25. The van der Waals surface area contributed by atoms with Crippen molar-refractivity contribution >= 4 is 15.7 Å². The molecule has 0 saturated heterocycles. The first-order chi connectivity index (χ1) is 11.9. The number of anilines is 1. The number of sulfonamides is 1. The molecule has 0 N–H and O–H groups in total. The minimum atomic E-state index is -3.72. The van der Waals surface area contributed by atoms with E-state index in [4.69, 9.17) is 9.47 Å². The predicted molar refractivity (Wildman–Crippen MR) is 100 cm³/mol. The number of ether oxygens (including phenoxy) is 2. The molecule has 0 fully saturated rings. The third-order valence-corrected chi connectivity index (χ3v) is 5.47. The summed E-state index contributed by atoms with van der Waals surface area (Å²) in [5.41, 5.74) is 1.31. The quantitative estimate of drug-likeness (QED) is 0.672. The molecule has 0 bridgehead atoms. The minimum absolute atomic E-state index is 0.168. The summed E-state index contributed by atoms with van der Waals surface area (Å²) in [6, 6.07) is 11.8. The smallest absolute Gasteiger partial charge is 0.264 e. The Balaban J connectivity index is 2.43. The second-order valence-electron chi connectivity index (χ2n) is 5.38. The first kappa shape index (κ1) is 18.9. The number of hydrogen-bond acceptors (Lipinski definition) is 4. The zero-order chi connectivity index (χ0) is 18.4. The van der Waals surface area contributed by atoms with E-state index in [1.54, 1.807) is 55.7 Å². The highest BCUT2D eigenvalue weighted by atomic mass is 32.2. The van der Waals surface area contributed by atoms with Crippen molar-refractivity contribution < 1.29 is 17.9 Å². The fourth-order valence-corrected chi connectivity index (χ4v) is 3.99. The largest absolute Gasteiger partial charge is 0.496 e. The summed E-state index contributed by atoms with van der Waals surface area (Å²) < 4.78 is 38.1. The standard InChI is InChI=1S/C19H23NO4S/c1-5-13-20(16-7-9-17(10-8-16)24-6-2)25(21,22)18-11-12-19(23-4)15(3)14-18/h5,7-12,14H,1,6,13H2,2-4H3. The van der Waals surface area contributed by atoms with Crippen LogP contribution in [0.25, 0.3) is 0 Å².